The molecule has 3 heteroatoms. The van der Waals surface area contributed by atoms with Crippen LogP contribution in [0.15, 0.2) is 79.0 Å². The number of ether oxygens (including phenoxy) is 1. The molecule has 4 aromatic rings. The van der Waals surface area contributed by atoms with Gasteiger partial charge in [0, 0.05) is 11.6 Å². The second-order valence-corrected chi connectivity index (χ2v) is 7.95. The molecule has 1 aromatic heterocycles. The van der Waals surface area contributed by atoms with Gasteiger partial charge in [0.2, 0.25) is 0 Å². The number of hydrogen-bond acceptors (Lipinski definition) is 3. The molecule has 31 heavy (non-hydrogen) atoms. The van der Waals surface area contributed by atoms with Gasteiger partial charge in [0.15, 0.2) is 5.82 Å². The topological polar surface area (TPSA) is 35.0 Å². The smallest absolute Gasteiger partial charge is 0.163 e. The zero-order chi connectivity index (χ0) is 21.5. The quantitative estimate of drug-likeness (QED) is 0.292. The molecule has 3 nitrogen and oxygen atoms in total. The monoisotopic (exact) mass is 410 g/mol. The first kappa shape index (κ1) is 21.0. The Balaban J connectivity index is 1.69. The van der Waals surface area contributed by atoms with E-state index in [0.717, 1.165) is 53.7 Å². The predicted molar refractivity (Wildman–Crippen MR) is 129 cm³/mol. The van der Waals surface area contributed by atoms with Gasteiger partial charge >= 0.3 is 0 Å². The third kappa shape index (κ3) is 4.93. The fourth-order valence-electron chi connectivity index (χ4n) is 4.09. The lowest BCUT2D eigenvalue weighted by molar-refractivity contribution is 0.318. The van der Waals surface area contributed by atoms with Crippen LogP contribution in [0.2, 0.25) is 0 Å². The first-order chi connectivity index (χ1) is 15.3. The number of rotatable bonds is 9. The highest BCUT2D eigenvalue weighted by molar-refractivity contribution is 5.83. The van der Waals surface area contributed by atoms with Gasteiger partial charge in [-0.25, -0.2) is 9.97 Å². The summed E-state index contributed by atoms with van der Waals surface area (Å²) in [6, 6.07) is 25.3. The van der Waals surface area contributed by atoms with Crippen LogP contribution >= 0.6 is 0 Å². The maximum Gasteiger partial charge on any atom is 0.163 e. The summed E-state index contributed by atoms with van der Waals surface area (Å²) in [6.45, 7) is 5.07. The lowest BCUT2D eigenvalue weighted by Crippen LogP contribution is -2.03. The Labute approximate surface area is 185 Å². The number of aryl methyl sites for hydroxylation is 1. The summed E-state index contributed by atoms with van der Waals surface area (Å²) < 4.78 is 5.96. The summed E-state index contributed by atoms with van der Waals surface area (Å²) in [5.41, 5.74) is 4.70. The van der Waals surface area contributed by atoms with E-state index in [4.69, 9.17) is 9.72 Å². The van der Waals surface area contributed by atoms with E-state index in [0.29, 0.717) is 12.5 Å². The van der Waals surface area contributed by atoms with Crippen LogP contribution in [-0.2, 0) is 6.42 Å². The first-order valence-corrected chi connectivity index (χ1v) is 11.3. The molecule has 0 spiro atoms. The molecule has 0 N–H and O–H groups in total. The van der Waals surface area contributed by atoms with Gasteiger partial charge in [0.25, 0.3) is 0 Å². The number of aromatic nitrogens is 2. The molecule has 4 rings (SSSR count). The van der Waals surface area contributed by atoms with Crippen LogP contribution < -0.4 is 4.74 Å². The molecule has 1 atom stereocenters. The van der Waals surface area contributed by atoms with Crippen LogP contribution in [0.3, 0.4) is 0 Å². The molecule has 158 valence electrons. The Hall–Kier alpha value is -3.20. The highest BCUT2D eigenvalue weighted by Gasteiger charge is 2.16. The first-order valence-electron chi connectivity index (χ1n) is 11.3. The Morgan fingerprint density at radius 3 is 2.48 bits per heavy atom. The van der Waals surface area contributed by atoms with Gasteiger partial charge in [-0.3, -0.25) is 0 Å². The van der Waals surface area contributed by atoms with Crippen molar-refractivity contribution in [2.24, 2.45) is 0 Å². The standard InChI is InChI=1S/C28H30N2O/c1-3-19-31-26-16-9-8-14-25(26)28-29-20-23-13-10-15-24(27(23)30-28)22(4-2)18-17-21-11-6-5-7-12-21/h5-16,20,22H,3-4,17-19H2,1-2H3. The normalized spacial score (nSPS) is 12.1. The molecule has 0 bridgehead atoms. The van der Waals surface area contributed by atoms with Gasteiger partial charge in [-0.1, -0.05) is 74.5 Å². The van der Waals surface area contributed by atoms with E-state index in [1.165, 1.54) is 11.1 Å². The van der Waals surface area contributed by atoms with Crippen LogP contribution in [0.1, 0.15) is 50.2 Å². The Bertz CT molecular complexity index is 1120. The van der Waals surface area contributed by atoms with Gasteiger partial charge in [0.1, 0.15) is 5.75 Å². The number of hydrogen-bond donors (Lipinski definition) is 0. The zero-order valence-corrected chi connectivity index (χ0v) is 18.4. The summed E-state index contributed by atoms with van der Waals surface area (Å²) in [6.07, 6.45) is 6.18. The van der Waals surface area contributed by atoms with Crippen molar-refractivity contribution in [3.8, 4) is 17.1 Å². The van der Waals surface area contributed by atoms with Crippen molar-refractivity contribution in [1.82, 2.24) is 9.97 Å². The van der Waals surface area contributed by atoms with Gasteiger partial charge < -0.3 is 4.74 Å². The minimum atomic E-state index is 0.457. The fraction of sp³-hybridized carbons (Fsp3) is 0.286. The molecule has 1 heterocycles. The summed E-state index contributed by atoms with van der Waals surface area (Å²) in [7, 11) is 0. The summed E-state index contributed by atoms with van der Waals surface area (Å²) in [4.78, 5) is 9.72. The molecule has 0 saturated heterocycles. The zero-order valence-electron chi connectivity index (χ0n) is 18.4. The van der Waals surface area contributed by atoms with Crippen LogP contribution in [0.25, 0.3) is 22.3 Å². The SMILES string of the molecule is CCCOc1ccccc1-c1ncc2cccc(C(CC)CCc3ccccc3)c2n1. The molecule has 0 aliphatic carbocycles. The molecular formula is C28H30N2O. The maximum absolute atomic E-state index is 5.96. The lowest BCUT2D eigenvalue weighted by atomic mass is 9.89. The van der Waals surface area contributed by atoms with E-state index in [2.05, 4.69) is 67.4 Å². The molecule has 0 radical (unpaired) electrons. The van der Waals surface area contributed by atoms with Crippen molar-refractivity contribution in [2.45, 2.75) is 45.4 Å². The average Bonchev–Trinajstić information content (AvgIpc) is 2.84. The van der Waals surface area contributed by atoms with E-state index >= 15 is 0 Å². The van der Waals surface area contributed by atoms with Crippen molar-refractivity contribution in [1.29, 1.82) is 0 Å². The van der Waals surface area contributed by atoms with E-state index < -0.39 is 0 Å². The van der Waals surface area contributed by atoms with Crippen LogP contribution in [-0.4, -0.2) is 16.6 Å². The van der Waals surface area contributed by atoms with Crippen molar-refractivity contribution in [3.63, 3.8) is 0 Å². The Morgan fingerprint density at radius 1 is 0.871 bits per heavy atom. The summed E-state index contributed by atoms with van der Waals surface area (Å²) in [5, 5.41) is 1.09. The Morgan fingerprint density at radius 2 is 1.68 bits per heavy atom. The molecule has 3 aromatic carbocycles. The Kier molecular flexibility index (Phi) is 6.93. The van der Waals surface area contributed by atoms with Crippen LogP contribution in [0.5, 0.6) is 5.75 Å². The van der Waals surface area contributed by atoms with E-state index in [-0.39, 0.29) is 0 Å². The highest BCUT2D eigenvalue weighted by atomic mass is 16.5. The highest BCUT2D eigenvalue weighted by Crippen LogP contribution is 2.33. The van der Waals surface area contributed by atoms with Crippen molar-refractivity contribution in [2.75, 3.05) is 6.61 Å². The third-order valence-corrected chi connectivity index (χ3v) is 5.79. The van der Waals surface area contributed by atoms with E-state index in [1.54, 1.807) is 0 Å². The lowest BCUT2D eigenvalue weighted by Gasteiger charge is -2.18. The third-order valence-electron chi connectivity index (χ3n) is 5.79. The second kappa shape index (κ2) is 10.2. The van der Waals surface area contributed by atoms with Crippen molar-refractivity contribution in [3.05, 3.63) is 90.1 Å². The fourth-order valence-corrected chi connectivity index (χ4v) is 4.09. The van der Waals surface area contributed by atoms with Gasteiger partial charge in [-0.2, -0.15) is 0 Å². The number of benzene rings is 3. The molecule has 1 unspecified atom stereocenters. The minimum Gasteiger partial charge on any atom is -0.493 e. The molecule has 0 saturated carbocycles. The van der Waals surface area contributed by atoms with Gasteiger partial charge in [0.05, 0.1) is 17.7 Å². The maximum atomic E-state index is 5.96. The molecule has 0 aliphatic heterocycles. The second-order valence-electron chi connectivity index (χ2n) is 7.95. The molecule has 0 aliphatic rings. The van der Waals surface area contributed by atoms with E-state index in [1.807, 2.05) is 30.5 Å². The number of para-hydroxylation sites is 2. The average molecular weight is 411 g/mol. The summed E-state index contributed by atoms with van der Waals surface area (Å²) >= 11 is 0. The largest absolute Gasteiger partial charge is 0.493 e. The number of nitrogens with zero attached hydrogens (tertiary/aromatic N) is 2. The molecule has 0 amide bonds. The van der Waals surface area contributed by atoms with E-state index in [9.17, 15) is 0 Å². The molecular weight excluding hydrogens is 380 g/mol. The van der Waals surface area contributed by atoms with Gasteiger partial charge in [-0.05, 0) is 54.9 Å². The molecule has 0 fully saturated rings. The minimum absolute atomic E-state index is 0.457. The predicted octanol–water partition coefficient (Wildman–Crippen LogP) is 7.21. The summed E-state index contributed by atoms with van der Waals surface area (Å²) in [5.74, 6) is 2.03. The van der Waals surface area contributed by atoms with Crippen LogP contribution in [0, 0.1) is 0 Å². The van der Waals surface area contributed by atoms with Crippen molar-refractivity contribution < 1.29 is 4.74 Å². The van der Waals surface area contributed by atoms with Crippen molar-refractivity contribution >= 4 is 10.9 Å². The van der Waals surface area contributed by atoms with Crippen LogP contribution in [0.4, 0.5) is 0 Å². The number of fused-ring (bicyclic) bond motifs is 1. The van der Waals surface area contributed by atoms with Gasteiger partial charge in [-0.15, -0.1) is 0 Å².